The Balaban J connectivity index is 1.71. The first-order chi connectivity index (χ1) is 14.0. The van der Waals surface area contributed by atoms with E-state index in [-0.39, 0.29) is 0 Å². The Kier molecular flexibility index (Phi) is 5.00. The van der Waals surface area contributed by atoms with Gasteiger partial charge < -0.3 is 10.1 Å². The second-order valence-corrected chi connectivity index (χ2v) is 7.24. The van der Waals surface area contributed by atoms with Crippen molar-refractivity contribution in [1.82, 2.24) is 9.97 Å². The van der Waals surface area contributed by atoms with Crippen LogP contribution < -0.4 is 0 Å². The summed E-state index contributed by atoms with van der Waals surface area (Å²) in [4.78, 5) is 19.3. The number of rotatable bonds is 5. The molecule has 0 aliphatic heterocycles. The number of hydrogen-bond donors (Lipinski definition) is 2. The Labute approximate surface area is 169 Å². The molecule has 4 rings (SSSR count). The van der Waals surface area contributed by atoms with Gasteiger partial charge in [0.05, 0.1) is 16.6 Å². The topological polar surface area (TPSA) is 66.0 Å². The fourth-order valence-corrected chi connectivity index (χ4v) is 3.48. The normalized spacial score (nSPS) is 11.4. The molecule has 0 fully saturated rings. The van der Waals surface area contributed by atoms with Crippen molar-refractivity contribution >= 4 is 29.2 Å². The first-order valence-electron chi connectivity index (χ1n) is 9.55. The van der Waals surface area contributed by atoms with Crippen LogP contribution in [0.3, 0.4) is 0 Å². The monoisotopic (exact) mass is 382 g/mol. The highest BCUT2D eigenvalue weighted by Crippen LogP contribution is 2.27. The molecule has 0 amide bonds. The molecule has 29 heavy (non-hydrogen) atoms. The first-order valence-corrected chi connectivity index (χ1v) is 9.55. The van der Waals surface area contributed by atoms with Crippen LogP contribution in [-0.4, -0.2) is 21.0 Å². The number of H-pyrrole nitrogens is 1. The van der Waals surface area contributed by atoms with Crippen molar-refractivity contribution in [3.8, 4) is 0 Å². The van der Waals surface area contributed by atoms with Crippen LogP contribution in [0.1, 0.15) is 44.0 Å². The summed E-state index contributed by atoms with van der Waals surface area (Å²) >= 11 is 0. The molecule has 0 saturated carbocycles. The zero-order chi connectivity index (χ0) is 20.4. The highest BCUT2D eigenvalue weighted by molar-refractivity contribution is 5.87. The summed E-state index contributed by atoms with van der Waals surface area (Å²) in [5, 5.41) is 9.10. The number of benzene rings is 3. The van der Waals surface area contributed by atoms with Gasteiger partial charge in [-0.15, -0.1) is 0 Å². The van der Waals surface area contributed by atoms with Gasteiger partial charge in [-0.25, -0.2) is 9.78 Å². The highest BCUT2D eigenvalue weighted by Gasteiger charge is 2.13. The Hall–Kier alpha value is -3.66. The van der Waals surface area contributed by atoms with Gasteiger partial charge in [0.1, 0.15) is 5.82 Å². The number of hydrogen-bond acceptors (Lipinski definition) is 2. The number of nitrogens with one attached hydrogen (secondary N) is 1. The molecule has 1 heterocycles. The number of carboxylic acid groups (broad SMARTS) is 1. The minimum absolute atomic E-state index is 0.299. The molecular weight excluding hydrogens is 360 g/mol. The van der Waals surface area contributed by atoms with E-state index in [1.807, 2.05) is 42.5 Å². The fourth-order valence-electron chi connectivity index (χ4n) is 3.48. The van der Waals surface area contributed by atoms with Crippen LogP contribution in [0, 0.1) is 13.8 Å². The minimum atomic E-state index is -0.909. The maximum atomic E-state index is 11.1. The third kappa shape index (κ3) is 3.97. The van der Waals surface area contributed by atoms with E-state index in [0.29, 0.717) is 12.0 Å². The predicted molar refractivity (Wildman–Crippen MR) is 117 cm³/mol. The molecule has 0 unspecified atom stereocenters. The summed E-state index contributed by atoms with van der Waals surface area (Å²) in [5.74, 6) is -0.0934. The number of imidazole rings is 1. The van der Waals surface area contributed by atoms with Crippen LogP contribution in [-0.2, 0) is 6.42 Å². The molecule has 0 aliphatic rings. The number of aryl methyl sites for hydroxylation is 1. The van der Waals surface area contributed by atoms with Gasteiger partial charge in [0.25, 0.3) is 0 Å². The van der Waals surface area contributed by atoms with E-state index in [1.54, 1.807) is 12.1 Å². The minimum Gasteiger partial charge on any atom is -0.478 e. The quantitative estimate of drug-likeness (QED) is 0.469. The average Bonchev–Trinajstić information content (AvgIpc) is 3.13. The number of fused-ring (bicyclic) bond motifs is 1. The molecule has 0 radical (unpaired) electrons. The van der Waals surface area contributed by atoms with Crippen molar-refractivity contribution in [3.05, 3.63) is 99.9 Å². The molecular formula is C25H22N2O2. The van der Waals surface area contributed by atoms with Gasteiger partial charge in [0.2, 0.25) is 0 Å². The molecule has 144 valence electrons. The second kappa shape index (κ2) is 7.76. The van der Waals surface area contributed by atoms with Crippen molar-refractivity contribution in [2.24, 2.45) is 0 Å². The molecule has 3 aromatic carbocycles. The van der Waals surface area contributed by atoms with Gasteiger partial charge >= 0.3 is 5.97 Å². The van der Waals surface area contributed by atoms with E-state index >= 15 is 0 Å². The Bertz CT molecular complexity index is 1200. The van der Waals surface area contributed by atoms with Gasteiger partial charge in [-0.1, -0.05) is 48.5 Å². The maximum absolute atomic E-state index is 11.1. The van der Waals surface area contributed by atoms with Crippen LogP contribution in [0.25, 0.3) is 23.2 Å². The molecule has 1 aromatic heterocycles. The lowest BCUT2D eigenvalue weighted by atomic mass is 9.95. The van der Waals surface area contributed by atoms with Crippen LogP contribution in [0.2, 0.25) is 0 Å². The lowest BCUT2D eigenvalue weighted by Crippen LogP contribution is -1.99. The summed E-state index contributed by atoms with van der Waals surface area (Å²) < 4.78 is 0. The van der Waals surface area contributed by atoms with Crippen LogP contribution in [0.4, 0.5) is 0 Å². The number of aromatic amines is 1. The van der Waals surface area contributed by atoms with Crippen molar-refractivity contribution < 1.29 is 9.90 Å². The van der Waals surface area contributed by atoms with Gasteiger partial charge in [-0.3, -0.25) is 0 Å². The second-order valence-electron chi connectivity index (χ2n) is 7.24. The average molecular weight is 382 g/mol. The van der Waals surface area contributed by atoms with Crippen molar-refractivity contribution in [1.29, 1.82) is 0 Å². The van der Waals surface area contributed by atoms with Crippen molar-refractivity contribution in [2.75, 3.05) is 0 Å². The van der Waals surface area contributed by atoms with E-state index in [0.717, 1.165) is 28.0 Å². The molecule has 4 aromatic rings. The number of nitrogens with zero attached hydrogens (tertiary/aromatic N) is 1. The number of carboxylic acids is 1. The van der Waals surface area contributed by atoms with E-state index < -0.39 is 5.97 Å². The maximum Gasteiger partial charge on any atom is 0.335 e. The van der Waals surface area contributed by atoms with Crippen LogP contribution in [0.15, 0.2) is 60.7 Å². The zero-order valence-electron chi connectivity index (χ0n) is 16.4. The molecule has 0 spiro atoms. The van der Waals surface area contributed by atoms with E-state index in [1.165, 1.54) is 16.7 Å². The lowest BCUT2D eigenvalue weighted by molar-refractivity contribution is 0.0697. The Morgan fingerprint density at radius 2 is 1.76 bits per heavy atom. The molecule has 0 atom stereocenters. The van der Waals surface area contributed by atoms with Gasteiger partial charge in [0, 0.05) is 0 Å². The van der Waals surface area contributed by atoms with Gasteiger partial charge in [-0.05, 0) is 72.4 Å². The van der Waals surface area contributed by atoms with Gasteiger partial charge in [-0.2, -0.15) is 0 Å². The Morgan fingerprint density at radius 3 is 2.45 bits per heavy atom. The molecule has 2 N–H and O–H groups in total. The van der Waals surface area contributed by atoms with E-state index in [9.17, 15) is 4.79 Å². The first kappa shape index (κ1) is 18.7. The molecule has 0 bridgehead atoms. The third-order valence-corrected chi connectivity index (χ3v) is 5.26. The molecule has 0 aliphatic carbocycles. The molecule has 4 heteroatoms. The number of carbonyl (C=O) groups is 1. The van der Waals surface area contributed by atoms with Crippen molar-refractivity contribution in [3.63, 3.8) is 0 Å². The van der Waals surface area contributed by atoms with Crippen LogP contribution in [0.5, 0.6) is 0 Å². The van der Waals surface area contributed by atoms with E-state index in [4.69, 9.17) is 10.1 Å². The van der Waals surface area contributed by atoms with Crippen LogP contribution >= 0.6 is 0 Å². The predicted octanol–water partition coefficient (Wildman–Crippen LogP) is 5.64. The molecule has 4 nitrogen and oxygen atoms in total. The summed E-state index contributed by atoms with van der Waals surface area (Å²) in [7, 11) is 0. The fraction of sp³-hybridized carbons (Fsp3) is 0.120. The van der Waals surface area contributed by atoms with Crippen molar-refractivity contribution in [2.45, 2.75) is 20.3 Å². The SMILES string of the molecule is Cc1cc2[nH]c(/C=C/c3ccccc3)nc2c(Cc2ccc(C(=O)O)cc2)c1C. The number of aromatic nitrogens is 2. The number of aromatic carboxylic acids is 1. The summed E-state index contributed by atoms with van der Waals surface area (Å²) in [5.41, 5.74) is 8.04. The molecule has 0 saturated heterocycles. The lowest BCUT2D eigenvalue weighted by Gasteiger charge is -2.10. The van der Waals surface area contributed by atoms with Gasteiger partial charge in [0.15, 0.2) is 0 Å². The largest absolute Gasteiger partial charge is 0.478 e. The highest BCUT2D eigenvalue weighted by atomic mass is 16.4. The summed E-state index contributed by atoms with van der Waals surface area (Å²) in [6.07, 6.45) is 4.74. The third-order valence-electron chi connectivity index (χ3n) is 5.26. The zero-order valence-corrected chi connectivity index (χ0v) is 16.4. The standard InChI is InChI=1S/C25H22N2O2/c1-16-14-22-24(27-23(26-22)13-10-18-6-4-3-5-7-18)21(17(16)2)15-19-8-11-20(12-9-19)25(28)29/h3-14H,15H2,1-2H3,(H,26,27)(H,28,29)/b13-10+. The smallest absolute Gasteiger partial charge is 0.335 e. The summed E-state index contributed by atoms with van der Waals surface area (Å²) in [6.45, 7) is 4.22. The van der Waals surface area contributed by atoms with E-state index in [2.05, 4.69) is 37.0 Å². The Morgan fingerprint density at radius 1 is 1.03 bits per heavy atom. The summed E-state index contributed by atoms with van der Waals surface area (Å²) in [6, 6.07) is 19.3.